The van der Waals surface area contributed by atoms with E-state index in [0.717, 1.165) is 11.3 Å². The quantitative estimate of drug-likeness (QED) is 0.481. The molecule has 0 bridgehead atoms. The summed E-state index contributed by atoms with van der Waals surface area (Å²) in [5, 5.41) is 12.2. The SMILES string of the molecule is Cc1ccc(Nc2nnc(SCC(=O)N(Cc3ccccc3)[C@@H]3CCS(=O)(=O)C3)s2)cc1. The van der Waals surface area contributed by atoms with E-state index in [1.807, 2.05) is 61.5 Å². The van der Waals surface area contributed by atoms with Crippen LogP contribution in [0.25, 0.3) is 0 Å². The van der Waals surface area contributed by atoms with Gasteiger partial charge in [0.1, 0.15) is 0 Å². The Labute approximate surface area is 196 Å². The standard InChI is InChI=1S/C22H24N4O3S3/c1-16-7-9-18(10-8-16)23-21-24-25-22(31-21)30-14-20(27)26(13-17-5-3-2-4-6-17)19-11-12-32(28,29)15-19/h2-10,19H,11-15H2,1H3,(H,23,24)/t19-/m1/s1. The van der Waals surface area contributed by atoms with Gasteiger partial charge in [0.2, 0.25) is 11.0 Å². The van der Waals surface area contributed by atoms with Crippen molar-refractivity contribution in [3.8, 4) is 0 Å². The van der Waals surface area contributed by atoms with Crippen LogP contribution in [0.2, 0.25) is 0 Å². The Morgan fingerprint density at radius 3 is 2.59 bits per heavy atom. The van der Waals surface area contributed by atoms with Crippen LogP contribution in [0.4, 0.5) is 10.8 Å². The summed E-state index contributed by atoms with van der Waals surface area (Å²) in [6.07, 6.45) is 0.481. The van der Waals surface area contributed by atoms with Gasteiger partial charge in [-0.3, -0.25) is 4.79 Å². The second-order valence-electron chi connectivity index (χ2n) is 7.72. The number of rotatable bonds is 8. The van der Waals surface area contributed by atoms with Crippen molar-refractivity contribution in [2.75, 3.05) is 22.6 Å². The fourth-order valence-electron chi connectivity index (χ4n) is 3.51. The van der Waals surface area contributed by atoms with Crippen LogP contribution in [-0.2, 0) is 21.2 Å². The summed E-state index contributed by atoms with van der Waals surface area (Å²) in [4.78, 5) is 14.8. The van der Waals surface area contributed by atoms with Crippen molar-refractivity contribution in [1.29, 1.82) is 0 Å². The van der Waals surface area contributed by atoms with E-state index >= 15 is 0 Å². The van der Waals surface area contributed by atoms with Crippen molar-refractivity contribution in [3.63, 3.8) is 0 Å². The van der Waals surface area contributed by atoms with Crippen molar-refractivity contribution in [2.24, 2.45) is 0 Å². The maximum Gasteiger partial charge on any atom is 0.233 e. The summed E-state index contributed by atoms with van der Waals surface area (Å²) >= 11 is 2.71. The third kappa shape index (κ3) is 6.08. The molecule has 4 rings (SSSR count). The number of benzene rings is 2. The van der Waals surface area contributed by atoms with E-state index in [2.05, 4.69) is 15.5 Å². The van der Waals surface area contributed by atoms with Crippen LogP contribution in [0.15, 0.2) is 58.9 Å². The van der Waals surface area contributed by atoms with Gasteiger partial charge in [0.05, 0.1) is 17.3 Å². The Kier molecular flexibility index (Phi) is 7.12. The number of anilines is 2. The first kappa shape index (κ1) is 22.8. The van der Waals surface area contributed by atoms with E-state index in [9.17, 15) is 13.2 Å². The number of sulfone groups is 1. The second kappa shape index (κ2) is 10.0. The lowest BCUT2D eigenvalue weighted by Crippen LogP contribution is -2.41. The third-order valence-corrected chi connectivity index (χ3v) is 8.90. The van der Waals surface area contributed by atoms with Gasteiger partial charge in [0.15, 0.2) is 14.2 Å². The number of aromatic nitrogens is 2. The summed E-state index contributed by atoms with van der Waals surface area (Å²) in [6.45, 7) is 2.43. The van der Waals surface area contributed by atoms with Crippen molar-refractivity contribution >= 4 is 49.7 Å². The number of aryl methyl sites for hydroxylation is 1. The van der Waals surface area contributed by atoms with E-state index < -0.39 is 9.84 Å². The number of carbonyl (C=O) groups excluding carboxylic acids is 1. The molecule has 0 aliphatic carbocycles. The molecular weight excluding hydrogens is 464 g/mol. The predicted octanol–water partition coefficient (Wildman–Crippen LogP) is 3.90. The van der Waals surface area contributed by atoms with Crippen LogP contribution in [0.1, 0.15) is 17.5 Å². The number of amides is 1. The highest BCUT2D eigenvalue weighted by Gasteiger charge is 2.34. The molecule has 2 heterocycles. The monoisotopic (exact) mass is 488 g/mol. The Hall–Kier alpha value is -2.43. The molecule has 32 heavy (non-hydrogen) atoms. The maximum absolute atomic E-state index is 13.1. The Morgan fingerprint density at radius 1 is 1.16 bits per heavy atom. The topological polar surface area (TPSA) is 92.3 Å². The van der Waals surface area contributed by atoms with Crippen LogP contribution in [-0.4, -0.2) is 52.7 Å². The molecular formula is C22H24N4O3S3. The minimum atomic E-state index is -3.09. The lowest BCUT2D eigenvalue weighted by atomic mass is 10.1. The molecule has 168 valence electrons. The summed E-state index contributed by atoms with van der Waals surface area (Å²) in [5.74, 6) is 0.250. The molecule has 0 saturated carbocycles. The molecule has 1 amide bonds. The molecule has 1 atom stereocenters. The highest BCUT2D eigenvalue weighted by Crippen LogP contribution is 2.29. The molecule has 7 nitrogen and oxygen atoms in total. The van der Waals surface area contributed by atoms with Gasteiger partial charge >= 0.3 is 0 Å². The number of thioether (sulfide) groups is 1. The molecule has 0 radical (unpaired) electrons. The molecule has 3 aromatic rings. The van der Waals surface area contributed by atoms with E-state index in [-0.39, 0.29) is 29.2 Å². The van der Waals surface area contributed by atoms with Crippen LogP contribution in [0.3, 0.4) is 0 Å². The maximum atomic E-state index is 13.1. The number of nitrogens with zero attached hydrogens (tertiary/aromatic N) is 3. The lowest BCUT2D eigenvalue weighted by Gasteiger charge is -2.28. The Bertz CT molecular complexity index is 1160. The predicted molar refractivity (Wildman–Crippen MR) is 129 cm³/mol. The highest BCUT2D eigenvalue weighted by atomic mass is 32.2. The average Bonchev–Trinajstić information content (AvgIpc) is 3.38. The zero-order valence-corrected chi connectivity index (χ0v) is 20.0. The summed E-state index contributed by atoms with van der Waals surface area (Å²) in [6, 6.07) is 17.3. The van der Waals surface area contributed by atoms with Gasteiger partial charge in [-0.05, 0) is 31.0 Å². The fraction of sp³-hybridized carbons (Fsp3) is 0.318. The van der Waals surface area contributed by atoms with Gasteiger partial charge in [-0.15, -0.1) is 10.2 Å². The van der Waals surface area contributed by atoms with Gasteiger partial charge in [-0.25, -0.2) is 8.42 Å². The van der Waals surface area contributed by atoms with Crippen LogP contribution in [0.5, 0.6) is 0 Å². The second-order valence-corrected chi connectivity index (χ2v) is 12.1. The van der Waals surface area contributed by atoms with Crippen LogP contribution < -0.4 is 5.32 Å². The van der Waals surface area contributed by atoms with Gasteiger partial charge < -0.3 is 10.2 Å². The fourth-order valence-corrected chi connectivity index (χ4v) is 6.90. The molecule has 1 saturated heterocycles. The number of hydrogen-bond donors (Lipinski definition) is 1. The van der Waals surface area contributed by atoms with Gasteiger partial charge in [0, 0.05) is 18.3 Å². The summed E-state index contributed by atoms with van der Waals surface area (Å²) in [7, 11) is -3.09. The number of nitrogens with one attached hydrogen (secondary N) is 1. The first-order valence-electron chi connectivity index (χ1n) is 10.2. The Balaban J connectivity index is 1.39. The average molecular weight is 489 g/mol. The van der Waals surface area contributed by atoms with Gasteiger partial charge in [0.25, 0.3) is 0 Å². The summed E-state index contributed by atoms with van der Waals surface area (Å²) < 4.78 is 24.7. The molecule has 1 aromatic heterocycles. The van der Waals surface area contributed by atoms with E-state index in [1.54, 1.807) is 4.90 Å². The lowest BCUT2D eigenvalue weighted by molar-refractivity contribution is -0.130. The molecule has 1 N–H and O–H groups in total. The molecule has 0 spiro atoms. The molecule has 10 heteroatoms. The third-order valence-electron chi connectivity index (χ3n) is 5.19. The molecule has 1 fully saturated rings. The zero-order chi connectivity index (χ0) is 22.6. The van der Waals surface area contributed by atoms with Crippen LogP contribution in [0, 0.1) is 6.92 Å². The molecule has 0 unspecified atom stereocenters. The van der Waals surface area contributed by atoms with Crippen molar-refractivity contribution in [2.45, 2.75) is 30.3 Å². The van der Waals surface area contributed by atoms with Crippen LogP contribution >= 0.6 is 23.1 Å². The molecule has 2 aromatic carbocycles. The van der Waals surface area contributed by atoms with Gasteiger partial charge in [-0.2, -0.15) is 0 Å². The van der Waals surface area contributed by atoms with Crippen molar-refractivity contribution in [1.82, 2.24) is 15.1 Å². The number of hydrogen-bond acceptors (Lipinski definition) is 8. The number of carbonyl (C=O) groups is 1. The first-order valence-corrected chi connectivity index (χ1v) is 13.8. The minimum absolute atomic E-state index is 0.0274. The normalized spacial score (nSPS) is 17.2. The highest BCUT2D eigenvalue weighted by molar-refractivity contribution is 8.01. The smallest absolute Gasteiger partial charge is 0.233 e. The van der Waals surface area contributed by atoms with Crippen molar-refractivity contribution < 1.29 is 13.2 Å². The van der Waals surface area contributed by atoms with E-state index in [4.69, 9.17) is 0 Å². The van der Waals surface area contributed by atoms with Gasteiger partial charge in [-0.1, -0.05) is 71.1 Å². The largest absolute Gasteiger partial charge is 0.334 e. The molecule has 1 aliphatic rings. The minimum Gasteiger partial charge on any atom is -0.334 e. The molecule has 1 aliphatic heterocycles. The van der Waals surface area contributed by atoms with E-state index in [0.29, 0.717) is 22.4 Å². The van der Waals surface area contributed by atoms with Crippen molar-refractivity contribution in [3.05, 3.63) is 65.7 Å². The zero-order valence-electron chi connectivity index (χ0n) is 17.6. The van der Waals surface area contributed by atoms with E-state index in [1.165, 1.54) is 28.7 Å². The summed E-state index contributed by atoms with van der Waals surface area (Å²) in [5.41, 5.74) is 3.09. The Morgan fingerprint density at radius 2 is 1.91 bits per heavy atom. The first-order chi connectivity index (χ1) is 15.4.